The summed E-state index contributed by atoms with van der Waals surface area (Å²) in [5, 5.41) is 13.3. The van der Waals surface area contributed by atoms with Gasteiger partial charge in [0.2, 0.25) is 15.9 Å². The molecular weight excluding hydrogens is 490 g/mol. The van der Waals surface area contributed by atoms with Crippen molar-refractivity contribution >= 4 is 44.1 Å². The van der Waals surface area contributed by atoms with Gasteiger partial charge in [0, 0.05) is 43.9 Å². The number of hydrogen-bond acceptors (Lipinski definition) is 7. The summed E-state index contributed by atoms with van der Waals surface area (Å²) in [5.74, 6) is 0.507. The first-order valence-electron chi connectivity index (χ1n) is 11.4. The van der Waals surface area contributed by atoms with Gasteiger partial charge in [0.1, 0.15) is 12.1 Å². The van der Waals surface area contributed by atoms with Gasteiger partial charge in [0.05, 0.1) is 17.0 Å². The number of piperidine rings is 1. The minimum absolute atomic E-state index is 0.143. The lowest BCUT2D eigenvalue weighted by atomic mass is 9.90. The maximum atomic E-state index is 13.2. The molecule has 5 rings (SSSR count). The van der Waals surface area contributed by atoms with E-state index in [0.29, 0.717) is 31.0 Å². The van der Waals surface area contributed by atoms with Gasteiger partial charge in [-0.1, -0.05) is 23.7 Å². The predicted molar refractivity (Wildman–Crippen MR) is 133 cm³/mol. The largest absolute Gasteiger partial charge is 0.388 e. The van der Waals surface area contributed by atoms with E-state index in [4.69, 9.17) is 11.6 Å². The van der Waals surface area contributed by atoms with Gasteiger partial charge in [-0.3, -0.25) is 4.79 Å². The molecule has 0 spiro atoms. The third kappa shape index (κ3) is 4.97. The van der Waals surface area contributed by atoms with E-state index in [9.17, 15) is 18.3 Å². The molecule has 9 nitrogen and oxygen atoms in total. The Balaban J connectivity index is 1.22. The van der Waals surface area contributed by atoms with Crippen molar-refractivity contribution in [3.8, 4) is 0 Å². The van der Waals surface area contributed by atoms with Crippen LogP contribution in [-0.2, 0) is 14.8 Å². The average molecular weight is 516 g/mol. The van der Waals surface area contributed by atoms with Crippen LogP contribution in [-0.4, -0.2) is 83.5 Å². The van der Waals surface area contributed by atoms with Crippen molar-refractivity contribution in [2.75, 3.05) is 44.2 Å². The lowest BCUT2D eigenvalue weighted by molar-refractivity contribution is -0.138. The molecule has 35 heavy (non-hydrogen) atoms. The highest BCUT2D eigenvalue weighted by atomic mass is 35.5. The molecule has 0 radical (unpaired) electrons. The zero-order valence-corrected chi connectivity index (χ0v) is 20.6. The van der Waals surface area contributed by atoms with E-state index in [1.54, 1.807) is 47.5 Å². The van der Waals surface area contributed by atoms with Crippen LogP contribution in [0.4, 0.5) is 5.82 Å². The second kappa shape index (κ2) is 9.34. The Labute approximate surface area is 209 Å². The van der Waals surface area contributed by atoms with Crippen LogP contribution in [0.5, 0.6) is 0 Å². The molecule has 2 aromatic carbocycles. The molecular formula is C24H26ClN5O4S. The van der Waals surface area contributed by atoms with Crippen LogP contribution in [0.25, 0.3) is 10.8 Å². The van der Waals surface area contributed by atoms with E-state index >= 15 is 0 Å². The van der Waals surface area contributed by atoms with Gasteiger partial charge in [-0.25, -0.2) is 18.4 Å². The number of benzene rings is 2. The number of piperazine rings is 1. The summed E-state index contributed by atoms with van der Waals surface area (Å²) >= 11 is 6.02. The Kier molecular flexibility index (Phi) is 6.39. The maximum Gasteiger partial charge on any atom is 0.243 e. The Bertz CT molecular complexity index is 1350. The number of anilines is 1. The van der Waals surface area contributed by atoms with Gasteiger partial charge in [-0.05, 0) is 53.9 Å². The number of fused-ring (bicyclic) bond motifs is 1. The highest BCUT2D eigenvalue weighted by Crippen LogP contribution is 2.28. The zero-order chi connectivity index (χ0) is 24.6. The smallest absolute Gasteiger partial charge is 0.243 e. The van der Waals surface area contributed by atoms with Crippen LogP contribution in [0.1, 0.15) is 12.8 Å². The second-order valence-corrected chi connectivity index (χ2v) is 11.5. The Morgan fingerprint density at radius 3 is 2.46 bits per heavy atom. The first kappa shape index (κ1) is 23.9. The minimum atomic E-state index is -3.83. The number of aromatic nitrogens is 2. The number of amides is 1. The van der Waals surface area contributed by atoms with Gasteiger partial charge in [0.15, 0.2) is 0 Å². The van der Waals surface area contributed by atoms with Crippen molar-refractivity contribution in [3.63, 3.8) is 0 Å². The van der Waals surface area contributed by atoms with Crippen molar-refractivity contribution in [3.05, 3.63) is 60.0 Å². The molecule has 0 unspecified atom stereocenters. The molecule has 0 atom stereocenters. The van der Waals surface area contributed by atoms with Crippen LogP contribution < -0.4 is 4.90 Å². The summed E-state index contributed by atoms with van der Waals surface area (Å²) in [6.07, 6.45) is 4.16. The number of hydrogen-bond donors (Lipinski definition) is 1. The number of carbonyl (C=O) groups excluding carboxylic acids is 1. The fraction of sp³-hybridized carbons (Fsp3) is 0.375. The predicted octanol–water partition coefficient (Wildman–Crippen LogP) is 2.15. The van der Waals surface area contributed by atoms with Crippen molar-refractivity contribution in [2.45, 2.75) is 23.3 Å². The van der Waals surface area contributed by atoms with E-state index in [1.165, 1.54) is 10.6 Å². The molecule has 3 heterocycles. The maximum absolute atomic E-state index is 13.2. The number of sulfonamides is 1. The summed E-state index contributed by atoms with van der Waals surface area (Å²) < 4.78 is 27.7. The van der Waals surface area contributed by atoms with Crippen LogP contribution in [0.3, 0.4) is 0 Å². The second-order valence-electron chi connectivity index (χ2n) is 9.09. The molecule has 2 fully saturated rings. The summed E-state index contributed by atoms with van der Waals surface area (Å²) in [5.41, 5.74) is -1.01. The van der Waals surface area contributed by atoms with Gasteiger partial charge < -0.3 is 14.9 Å². The molecule has 1 aromatic heterocycles. The van der Waals surface area contributed by atoms with Gasteiger partial charge in [-0.2, -0.15) is 4.31 Å². The molecule has 0 bridgehead atoms. The van der Waals surface area contributed by atoms with Crippen molar-refractivity contribution in [1.29, 1.82) is 0 Å². The molecule has 1 amide bonds. The molecule has 0 aliphatic carbocycles. The molecule has 11 heteroatoms. The number of β-amino-alcohol motifs (C(OH)–C–C–N with tert-alkyl or cyclic N) is 1. The quantitative estimate of drug-likeness (QED) is 0.554. The number of aliphatic hydroxyl groups is 1. The van der Waals surface area contributed by atoms with Gasteiger partial charge >= 0.3 is 0 Å². The van der Waals surface area contributed by atoms with Crippen molar-refractivity contribution < 1.29 is 18.3 Å². The van der Waals surface area contributed by atoms with E-state index in [1.807, 2.05) is 6.07 Å². The lowest BCUT2D eigenvalue weighted by Gasteiger charge is -2.43. The van der Waals surface area contributed by atoms with E-state index in [2.05, 4.69) is 14.9 Å². The van der Waals surface area contributed by atoms with Crippen LogP contribution in [0.15, 0.2) is 59.9 Å². The summed E-state index contributed by atoms with van der Waals surface area (Å²) in [6, 6.07) is 12.0. The van der Waals surface area contributed by atoms with E-state index in [0.717, 1.165) is 16.6 Å². The normalized spacial score (nSPS) is 19.3. The fourth-order valence-electron chi connectivity index (χ4n) is 4.70. The summed E-state index contributed by atoms with van der Waals surface area (Å²) in [6.45, 7) is 1.58. The molecule has 1 N–H and O–H groups in total. The highest BCUT2D eigenvalue weighted by Gasteiger charge is 2.39. The molecule has 184 valence electrons. The average Bonchev–Trinajstić information content (AvgIpc) is 2.86. The third-order valence-electron chi connectivity index (χ3n) is 6.76. The summed E-state index contributed by atoms with van der Waals surface area (Å²) in [7, 11) is -3.83. The number of nitrogens with zero attached hydrogens (tertiary/aromatic N) is 5. The number of rotatable bonds is 5. The molecule has 0 saturated carbocycles. The summed E-state index contributed by atoms with van der Waals surface area (Å²) in [4.78, 5) is 24.9. The molecule has 2 aliphatic heterocycles. The molecule has 2 saturated heterocycles. The zero-order valence-electron chi connectivity index (χ0n) is 19.0. The van der Waals surface area contributed by atoms with Crippen LogP contribution in [0, 0.1) is 0 Å². The monoisotopic (exact) mass is 515 g/mol. The molecule has 3 aromatic rings. The Hall–Kier alpha value is -2.79. The van der Waals surface area contributed by atoms with Crippen molar-refractivity contribution in [2.24, 2.45) is 0 Å². The Morgan fingerprint density at radius 2 is 1.74 bits per heavy atom. The van der Waals surface area contributed by atoms with Crippen molar-refractivity contribution in [1.82, 2.24) is 19.2 Å². The van der Waals surface area contributed by atoms with Crippen LogP contribution >= 0.6 is 11.6 Å². The van der Waals surface area contributed by atoms with E-state index in [-0.39, 0.29) is 37.0 Å². The third-order valence-corrected chi connectivity index (χ3v) is 8.84. The standard InChI is InChI=1S/C24H26ClN5O4S/c25-20-3-1-19-14-21(4-2-18(19)13-20)35(33,34)30-12-11-29(23(31)15-30)16-24(32)6-9-28(10-7-24)22-5-8-26-17-27-22/h1-5,8,13-14,17,32H,6-7,9-12,15-16H2. The van der Waals surface area contributed by atoms with Crippen LogP contribution in [0.2, 0.25) is 5.02 Å². The lowest BCUT2D eigenvalue weighted by Crippen LogP contribution is -2.58. The number of carbonyl (C=O) groups is 1. The van der Waals surface area contributed by atoms with E-state index < -0.39 is 15.6 Å². The minimum Gasteiger partial charge on any atom is -0.388 e. The van der Waals surface area contributed by atoms with Gasteiger partial charge in [0.25, 0.3) is 0 Å². The number of halogens is 1. The molecule has 2 aliphatic rings. The highest BCUT2D eigenvalue weighted by molar-refractivity contribution is 7.89. The SMILES string of the molecule is O=C1CN(S(=O)(=O)c2ccc3cc(Cl)ccc3c2)CCN1CC1(O)CCN(c2ccncn2)CC1. The topological polar surface area (TPSA) is 107 Å². The fourth-order valence-corrected chi connectivity index (χ4v) is 6.30. The first-order valence-corrected chi connectivity index (χ1v) is 13.3. The first-order chi connectivity index (χ1) is 16.7. The van der Waals surface area contributed by atoms with Gasteiger partial charge in [-0.15, -0.1) is 0 Å². The Morgan fingerprint density at radius 1 is 1.00 bits per heavy atom.